The second kappa shape index (κ2) is 6.71. The van der Waals surface area contributed by atoms with E-state index in [-0.39, 0.29) is 17.2 Å². The van der Waals surface area contributed by atoms with E-state index in [1.807, 2.05) is 12.1 Å². The van der Waals surface area contributed by atoms with Crippen LogP contribution in [0.5, 0.6) is 5.75 Å². The van der Waals surface area contributed by atoms with Gasteiger partial charge in [0.2, 0.25) is 0 Å². The van der Waals surface area contributed by atoms with E-state index in [9.17, 15) is 14.9 Å². The molecule has 2 aromatic carbocycles. The van der Waals surface area contributed by atoms with Gasteiger partial charge in [-0.05, 0) is 23.8 Å². The number of hydrogen-bond acceptors (Lipinski definition) is 4. The normalized spacial score (nSPS) is 10.1. The lowest BCUT2D eigenvalue weighted by Gasteiger charge is -2.17. The summed E-state index contributed by atoms with van der Waals surface area (Å²) in [6.07, 6.45) is 0. The summed E-state index contributed by atoms with van der Waals surface area (Å²) in [6, 6.07) is 13.3. The lowest BCUT2D eigenvalue weighted by atomic mass is 10.1. The number of para-hydroxylation sites is 1. The molecule has 6 nitrogen and oxygen atoms in total. The molecule has 0 unspecified atom stereocenters. The Hall–Kier alpha value is -2.89. The molecular weight excluding hydrogens is 284 g/mol. The molecule has 0 aliphatic heterocycles. The van der Waals surface area contributed by atoms with Crippen molar-refractivity contribution in [1.29, 1.82) is 0 Å². The second-order valence-electron chi connectivity index (χ2n) is 4.78. The summed E-state index contributed by atoms with van der Waals surface area (Å²) in [5.74, 6) is 0.347. The number of amides is 1. The molecule has 0 atom stereocenters. The van der Waals surface area contributed by atoms with Crippen LogP contribution < -0.4 is 4.74 Å². The number of benzene rings is 2. The van der Waals surface area contributed by atoms with Crippen molar-refractivity contribution in [2.45, 2.75) is 6.54 Å². The lowest BCUT2D eigenvalue weighted by molar-refractivity contribution is -0.385. The third-order valence-electron chi connectivity index (χ3n) is 3.26. The largest absolute Gasteiger partial charge is 0.497 e. The molecule has 0 saturated heterocycles. The maximum Gasteiger partial charge on any atom is 0.282 e. The maximum absolute atomic E-state index is 12.4. The van der Waals surface area contributed by atoms with Gasteiger partial charge in [-0.15, -0.1) is 0 Å². The number of carbonyl (C=O) groups excluding carboxylic acids is 1. The number of nitro groups is 1. The van der Waals surface area contributed by atoms with Gasteiger partial charge >= 0.3 is 0 Å². The highest BCUT2D eigenvalue weighted by atomic mass is 16.6. The topological polar surface area (TPSA) is 72.7 Å². The zero-order chi connectivity index (χ0) is 16.1. The molecule has 2 aromatic rings. The minimum Gasteiger partial charge on any atom is -0.497 e. The molecule has 1 amide bonds. The van der Waals surface area contributed by atoms with Gasteiger partial charge in [0.05, 0.1) is 12.0 Å². The van der Waals surface area contributed by atoms with Gasteiger partial charge in [-0.1, -0.05) is 24.3 Å². The highest BCUT2D eigenvalue weighted by Gasteiger charge is 2.22. The first-order valence-electron chi connectivity index (χ1n) is 6.64. The van der Waals surface area contributed by atoms with Crippen LogP contribution in [0.25, 0.3) is 0 Å². The van der Waals surface area contributed by atoms with Gasteiger partial charge in [0.1, 0.15) is 11.3 Å². The number of rotatable bonds is 5. The van der Waals surface area contributed by atoms with Crippen LogP contribution in [0.15, 0.2) is 48.5 Å². The summed E-state index contributed by atoms with van der Waals surface area (Å²) in [4.78, 5) is 24.3. The van der Waals surface area contributed by atoms with Crippen LogP contribution in [-0.4, -0.2) is 29.9 Å². The molecule has 0 aromatic heterocycles. The third-order valence-corrected chi connectivity index (χ3v) is 3.26. The van der Waals surface area contributed by atoms with Crippen LogP contribution in [0, 0.1) is 10.1 Å². The van der Waals surface area contributed by atoms with Gasteiger partial charge in [0, 0.05) is 19.7 Å². The minimum atomic E-state index is -0.547. The number of nitrogens with zero attached hydrogens (tertiary/aromatic N) is 2. The smallest absolute Gasteiger partial charge is 0.282 e. The Morgan fingerprint density at radius 1 is 1.18 bits per heavy atom. The molecule has 0 saturated carbocycles. The van der Waals surface area contributed by atoms with Crippen LogP contribution in [0.2, 0.25) is 0 Å². The number of nitro benzene ring substituents is 1. The summed E-state index contributed by atoms with van der Waals surface area (Å²) < 4.78 is 5.08. The van der Waals surface area contributed by atoms with E-state index >= 15 is 0 Å². The van der Waals surface area contributed by atoms with Gasteiger partial charge < -0.3 is 9.64 Å². The summed E-state index contributed by atoms with van der Waals surface area (Å²) in [6.45, 7) is 0.356. The van der Waals surface area contributed by atoms with Crippen molar-refractivity contribution in [2.75, 3.05) is 14.2 Å². The Bertz CT molecular complexity index is 683. The van der Waals surface area contributed by atoms with E-state index in [1.54, 1.807) is 38.4 Å². The molecule has 6 heteroatoms. The number of methoxy groups -OCH3 is 1. The molecule has 0 spiro atoms. The SMILES string of the molecule is COc1ccc(CN(C)C(=O)c2ccccc2[N+](=O)[O-])cc1. The quantitative estimate of drug-likeness (QED) is 0.628. The van der Waals surface area contributed by atoms with E-state index in [1.165, 1.54) is 17.0 Å². The van der Waals surface area contributed by atoms with Crippen LogP contribution in [0.3, 0.4) is 0 Å². The van der Waals surface area contributed by atoms with Crippen molar-refractivity contribution in [3.63, 3.8) is 0 Å². The zero-order valence-electron chi connectivity index (χ0n) is 12.4. The molecule has 0 bridgehead atoms. The molecular formula is C16H16N2O4. The maximum atomic E-state index is 12.4. The third kappa shape index (κ3) is 3.41. The Morgan fingerprint density at radius 3 is 2.41 bits per heavy atom. The zero-order valence-corrected chi connectivity index (χ0v) is 12.4. The molecule has 2 rings (SSSR count). The van der Waals surface area contributed by atoms with Gasteiger partial charge in [-0.25, -0.2) is 0 Å². The van der Waals surface area contributed by atoms with Crippen LogP contribution in [0.4, 0.5) is 5.69 Å². The van der Waals surface area contributed by atoms with Crippen molar-refractivity contribution < 1.29 is 14.5 Å². The van der Waals surface area contributed by atoms with Crippen molar-refractivity contribution >= 4 is 11.6 Å². The Labute approximate surface area is 128 Å². The van der Waals surface area contributed by atoms with Gasteiger partial charge in [0.15, 0.2) is 0 Å². The van der Waals surface area contributed by atoms with Crippen LogP contribution >= 0.6 is 0 Å². The first-order chi connectivity index (χ1) is 10.5. The Morgan fingerprint density at radius 2 is 1.82 bits per heavy atom. The molecule has 0 aliphatic carbocycles. The van der Waals surface area contributed by atoms with E-state index in [2.05, 4.69) is 0 Å². The molecule has 0 radical (unpaired) electrons. The van der Waals surface area contributed by atoms with Crippen LogP contribution in [0.1, 0.15) is 15.9 Å². The van der Waals surface area contributed by atoms with Crippen molar-refractivity contribution in [3.8, 4) is 5.75 Å². The monoisotopic (exact) mass is 300 g/mol. The number of carbonyl (C=O) groups is 1. The summed E-state index contributed by atoms with van der Waals surface area (Å²) >= 11 is 0. The highest BCUT2D eigenvalue weighted by Crippen LogP contribution is 2.20. The lowest BCUT2D eigenvalue weighted by Crippen LogP contribution is -2.26. The van der Waals surface area contributed by atoms with Crippen molar-refractivity contribution in [1.82, 2.24) is 4.90 Å². The van der Waals surface area contributed by atoms with Crippen LogP contribution in [-0.2, 0) is 6.54 Å². The predicted molar refractivity (Wildman–Crippen MR) is 81.9 cm³/mol. The van der Waals surface area contributed by atoms with E-state index in [4.69, 9.17) is 4.74 Å². The first-order valence-corrected chi connectivity index (χ1v) is 6.64. The minimum absolute atomic E-state index is 0.0866. The average molecular weight is 300 g/mol. The highest BCUT2D eigenvalue weighted by molar-refractivity contribution is 5.97. The molecule has 0 aliphatic rings. The van der Waals surface area contributed by atoms with Gasteiger partial charge in [0.25, 0.3) is 11.6 Å². The molecule has 22 heavy (non-hydrogen) atoms. The van der Waals surface area contributed by atoms with Gasteiger partial charge in [-0.3, -0.25) is 14.9 Å². The van der Waals surface area contributed by atoms with E-state index in [0.717, 1.165) is 11.3 Å². The molecule has 0 heterocycles. The average Bonchev–Trinajstić information content (AvgIpc) is 2.54. The number of ether oxygens (including phenoxy) is 1. The van der Waals surface area contributed by atoms with E-state index in [0.29, 0.717) is 6.54 Å². The summed E-state index contributed by atoms with van der Waals surface area (Å²) in [5.41, 5.74) is 0.813. The van der Waals surface area contributed by atoms with Crippen molar-refractivity contribution in [3.05, 3.63) is 69.8 Å². The van der Waals surface area contributed by atoms with Crippen molar-refractivity contribution in [2.24, 2.45) is 0 Å². The second-order valence-corrected chi connectivity index (χ2v) is 4.78. The standard InChI is InChI=1S/C16H16N2O4/c1-17(11-12-7-9-13(22-2)10-8-12)16(19)14-5-3-4-6-15(14)18(20)21/h3-10H,11H2,1-2H3. The fourth-order valence-corrected chi connectivity index (χ4v) is 2.10. The number of hydrogen-bond donors (Lipinski definition) is 0. The molecule has 0 N–H and O–H groups in total. The molecule has 114 valence electrons. The van der Waals surface area contributed by atoms with E-state index < -0.39 is 4.92 Å². The summed E-state index contributed by atoms with van der Waals surface area (Å²) in [5, 5.41) is 11.0. The Balaban J connectivity index is 2.17. The fraction of sp³-hybridized carbons (Fsp3) is 0.188. The molecule has 0 fully saturated rings. The predicted octanol–water partition coefficient (Wildman–Crippen LogP) is 2.88. The Kier molecular flexibility index (Phi) is 4.73. The fourth-order valence-electron chi connectivity index (χ4n) is 2.10. The summed E-state index contributed by atoms with van der Waals surface area (Å²) in [7, 11) is 3.20. The van der Waals surface area contributed by atoms with Gasteiger partial charge in [-0.2, -0.15) is 0 Å². The first kappa shape index (κ1) is 15.5.